The molecule has 0 bridgehead atoms. The van der Waals surface area contributed by atoms with Gasteiger partial charge in [0.05, 0.1) is 11.4 Å². The standard InChI is InChI=1S/C15H20ClNO2S/c1-19-15(18)13-8-10-4-2-3-5-12(10)17(13)9-11-6-7-14(16)20-11/h6-7,10,12-13H,2-5,8-9H2,1H3/t10-,12+,13-/m0/s1. The van der Waals surface area contributed by atoms with E-state index in [9.17, 15) is 4.79 Å². The number of carbonyl (C=O) groups is 1. The number of ether oxygens (including phenoxy) is 1. The van der Waals surface area contributed by atoms with E-state index in [0.29, 0.717) is 12.0 Å². The molecule has 110 valence electrons. The first-order valence-corrected chi connectivity index (χ1v) is 8.46. The molecule has 1 aliphatic heterocycles. The highest BCUT2D eigenvalue weighted by atomic mass is 35.5. The first-order chi connectivity index (χ1) is 9.69. The molecule has 0 radical (unpaired) electrons. The summed E-state index contributed by atoms with van der Waals surface area (Å²) in [6.07, 6.45) is 5.98. The highest BCUT2D eigenvalue weighted by molar-refractivity contribution is 7.16. The molecule has 1 aliphatic carbocycles. The Morgan fingerprint density at radius 1 is 1.45 bits per heavy atom. The largest absolute Gasteiger partial charge is 0.468 e. The van der Waals surface area contributed by atoms with Gasteiger partial charge in [-0.05, 0) is 37.3 Å². The topological polar surface area (TPSA) is 29.5 Å². The molecule has 1 aromatic rings. The van der Waals surface area contributed by atoms with E-state index in [2.05, 4.69) is 11.0 Å². The van der Waals surface area contributed by atoms with Gasteiger partial charge in [0.2, 0.25) is 0 Å². The molecule has 2 heterocycles. The summed E-state index contributed by atoms with van der Waals surface area (Å²) in [5, 5.41) is 0. The van der Waals surface area contributed by atoms with Gasteiger partial charge in [0.1, 0.15) is 6.04 Å². The van der Waals surface area contributed by atoms with Crippen LogP contribution in [0.5, 0.6) is 0 Å². The summed E-state index contributed by atoms with van der Waals surface area (Å²) in [5.41, 5.74) is 0. The van der Waals surface area contributed by atoms with E-state index in [-0.39, 0.29) is 12.0 Å². The van der Waals surface area contributed by atoms with Crippen LogP contribution in [-0.2, 0) is 16.1 Å². The van der Waals surface area contributed by atoms with Gasteiger partial charge < -0.3 is 4.74 Å². The number of hydrogen-bond acceptors (Lipinski definition) is 4. The zero-order valence-electron chi connectivity index (χ0n) is 11.7. The lowest BCUT2D eigenvalue weighted by Gasteiger charge is -2.32. The fourth-order valence-electron chi connectivity index (χ4n) is 3.76. The molecular formula is C15H20ClNO2S. The number of esters is 1. The van der Waals surface area contributed by atoms with Crippen molar-refractivity contribution in [1.29, 1.82) is 0 Å². The average molecular weight is 314 g/mol. The highest BCUT2D eigenvalue weighted by Crippen LogP contribution is 2.41. The molecule has 5 heteroatoms. The Labute approximate surface area is 128 Å². The second kappa shape index (κ2) is 6.04. The monoisotopic (exact) mass is 313 g/mol. The summed E-state index contributed by atoms with van der Waals surface area (Å²) in [4.78, 5) is 15.7. The number of fused-ring (bicyclic) bond motifs is 1. The third kappa shape index (κ3) is 2.74. The molecule has 3 atom stereocenters. The number of thiophene rings is 1. The molecule has 20 heavy (non-hydrogen) atoms. The number of rotatable bonds is 3. The Morgan fingerprint density at radius 2 is 2.25 bits per heavy atom. The zero-order valence-corrected chi connectivity index (χ0v) is 13.3. The Bertz CT molecular complexity index is 490. The predicted octanol–water partition coefficient (Wildman–Crippen LogP) is 3.71. The number of nitrogens with zero attached hydrogens (tertiary/aromatic N) is 1. The summed E-state index contributed by atoms with van der Waals surface area (Å²) in [6, 6.07) is 4.46. The molecule has 0 amide bonds. The zero-order chi connectivity index (χ0) is 14.1. The van der Waals surface area contributed by atoms with E-state index in [1.165, 1.54) is 37.7 Å². The van der Waals surface area contributed by atoms with Crippen LogP contribution in [0.3, 0.4) is 0 Å². The number of methoxy groups -OCH3 is 1. The summed E-state index contributed by atoms with van der Waals surface area (Å²) in [6.45, 7) is 0.818. The van der Waals surface area contributed by atoms with Crippen LogP contribution >= 0.6 is 22.9 Å². The van der Waals surface area contributed by atoms with Crippen LogP contribution < -0.4 is 0 Å². The SMILES string of the molecule is COC(=O)[C@@H]1C[C@@H]2CCCC[C@H]2N1Cc1ccc(Cl)s1. The Balaban J connectivity index is 1.80. The van der Waals surface area contributed by atoms with Gasteiger partial charge in [0.15, 0.2) is 0 Å². The van der Waals surface area contributed by atoms with E-state index in [0.717, 1.165) is 17.3 Å². The van der Waals surface area contributed by atoms with Crippen LogP contribution in [-0.4, -0.2) is 30.1 Å². The van der Waals surface area contributed by atoms with Crippen molar-refractivity contribution in [2.24, 2.45) is 5.92 Å². The molecule has 1 saturated heterocycles. The summed E-state index contributed by atoms with van der Waals surface area (Å²) >= 11 is 7.62. The van der Waals surface area contributed by atoms with Gasteiger partial charge >= 0.3 is 5.97 Å². The summed E-state index contributed by atoms with van der Waals surface area (Å²) in [5.74, 6) is 0.574. The smallest absolute Gasteiger partial charge is 0.323 e. The molecule has 2 fully saturated rings. The third-order valence-corrected chi connectivity index (χ3v) is 5.88. The number of halogens is 1. The molecule has 0 unspecified atom stereocenters. The maximum Gasteiger partial charge on any atom is 0.323 e. The van der Waals surface area contributed by atoms with Crippen LogP contribution in [0.15, 0.2) is 12.1 Å². The summed E-state index contributed by atoms with van der Waals surface area (Å²) < 4.78 is 5.82. The van der Waals surface area contributed by atoms with Crippen molar-refractivity contribution in [2.45, 2.75) is 50.7 Å². The molecule has 0 spiro atoms. The van der Waals surface area contributed by atoms with E-state index >= 15 is 0 Å². The minimum absolute atomic E-state index is 0.0750. The second-order valence-electron chi connectivity index (χ2n) is 5.76. The van der Waals surface area contributed by atoms with Crippen LogP contribution in [0.25, 0.3) is 0 Å². The minimum Gasteiger partial charge on any atom is -0.468 e. The van der Waals surface area contributed by atoms with E-state index in [4.69, 9.17) is 16.3 Å². The molecule has 0 aromatic carbocycles. The minimum atomic E-state index is -0.0814. The Morgan fingerprint density at radius 3 is 2.95 bits per heavy atom. The molecule has 0 N–H and O–H groups in total. The van der Waals surface area contributed by atoms with Gasteiger partial charge in [-0.15, -0.1) is 11.3 Å². The normalized spacial score (nSPS) is 30.2. The number of likely N-dealkylation sites (tertiary alicyclic amines) is 1. The fraction of sp³-hybridized carbons (Fsp3) is 0.667. The maximum absolute atomic E-state index is 12.1. The van der Waals surface area contributed by atoms with Crippen molar-refractivity contribution in [1.82, 2.24) is 4.90 Å². The average Bonchev–Trinajstić information content (AvgIpc) is 3.03. The van der Waals surface area contributed by atoms with Crippen LogP contribution in [0.1, 0.15) is 37.0 Å². The molecular weight excluding hydrogens is 294 g/mol. The Hall–Kier alpha value is -0.580. The predicted molar refractivity (Wildman–Crippen MR) is 81.0 cm³/mol. The van der Waals surface area contributed by atoms with Crippen LogP contribution in [0.2, 0.25) is 4.34 Å². The van der Waals surface area contributed by atoms with Crippen molar-refractivity contribution in [3.63, 3.8) is 0 Å². The first-order valence-electron chi connectivity index (χ1n) is 7.27. The van der Waals surface area contributed by atoms with Crippen molar-refractivity contribution in [2.75, 3.05) is 7.11 Å². The van der Waals surface area contributed by atoms with Crippen molar-refractivity contribution in [3.8, 4) is 0 Å². The lowest BCUT2D eigenvalue weighted by molar-refractivity contribution is -0.146. The molecule has 2 aliphatic rings. The Kier molecular flexibility index (Phi) is 4.34. The van der Waals surface area contributed by atoms with Gasteiger partial charge in [0, 0.05) is 17.5 Å². The third-order valence-electron chi connectivity index (χ3n) is 4.66. The van der Waals surface area contributed by atoms with Gasteiger partial charge in [-0.25, -0.2) is 0 Å². The lowest BCUT2D eigenvalue weighted by Crippen LogP contribution is -2.41. The van der Waals surface area contributed by atoms with Gasteiger partial charge in [-0.1, -0.05) is 24.4 Å². The quantitative estimate of drug-likeness (QED) is 0.797. The van der Waals surface area contributed by atoms with E-state index < -0.39 is 0 Å². The van der Waals surface area contributed by atoms with Crippen molar-refractivity contribution < 1.29 is 9.53 Å². The molecule has 1 aromatic heterocycles. The second-order valence-corrected chi connectivity index (χ2v) is 7.56. The first kappa shape index (κ1) is 14.4. The van der Waals surface area contributed by atoms with Crippen LogP contribution in [0, 0.1) is 5.92 Å². The van der Waals surface area contributed by atoms with Crippen molar-refractivity contribution >= 4 is 28.9 Å². The van der Waals surface area contributed by atoms with Gasteiger partial charge in [0.25, 0.3) is 0 Å². The lowest BCUT2D eigenvalue weighted by atomic mass is 9.85. The number of hydrogen-bond donors (Lipinski definition) is 0. The maximum atomic E-state index is 12.1. The molecule has 3 rings (SSSR count). The highest BCUT2D eigenvalue weighted by Gasteiger charge is 2.45. The van der Waals surface area contributed by atoms with E-state index in [1.807, 2.05) is 6.07 Å². The molecule has 3 nitrogen and oxygen atoms in total. The van der Waals surface area contributed by atoms with E-state index in [1.54, 1.807) is 11.3 Å². The van der Waals surface area contributed by atoms with Gasteiger partial charge in [-0.3, -0.25) is 9.69 Å². The van der Waals surface area contributed by atoms with Gasteiger partial charge in [-0.2, -0.15) is 0 Å². The van der Waals surface area contributed by atoms with Crippen molar-refractivity contribution in [3.05, 3.63) is 21.3 Å². The molecule has 1 saturated carbocycles. The summed E-state index contributed by atoms with van der Waals surface area (Å²) in [7, 11) is 1.49. The number of carbonyl (C=O) groups excluding carboxylic acids is 1. The van der Waals surface area contributed by atoms with Crippen LogP contribution in [0.4, 0.5) is 0 Å². The fourth-order valence-corrected chi connectivity index (χ4v) is 4.86.